The third-order valence-electron chi connectivity index (χ3n) is 3.45. The summed E-state index contributed by atoms with van der Waals surface area (Å²) in [7, 11) is 0. The number of carbonyl (C=O) groups is 1. The molecule has 0 spiro atoms. The molecule has 0 aliphatic heterocycles. The van der Waals surface area contributed by atoms with Crippen molar-refractivity contribution < 1.29 is 14.3 Å². The van der Waals surface area contributed by atoms with Gasteiger partial charge in [-0.2, -0.15) is 0 Å². The van der Waals surface area contributed by atoms with Crippen LogP contribution in [0.3, 0.4) is 0 Å². The molecule has 1 aliphatic rings. The van der Waals surface area contributed by atoms with Crippen molar-refractivity contribution in [2.75, 3.05) is 0 Å². The van der Waals surface area contributed by atoms with Crippen LogP contribution in [0.5, 0.6) is 0 Å². The summed E-state index contributed by atoms with van der Waals surface area (Å²) in [5.74, 6) is -0.230. The van der Waals surface area contributed by atoms with E-state index in [1.165, 1.54) is 12.1 Å². The summed E-state index contributed by atoms with van der Waals surface area (Å²) < 4.78 is 12.7. The van der Waals surface area contributed by atoms with E-state index in [9.17, 15) is 14.3 Å². The summed E-state index contributed by atoms with van der Waals surface area (Å²) in [5, 5.41) is 12.2. The van der Waals surface area contributed by atoms with Crippen LogP contribution >= 0.6 is 0 Å². The van der Waals surface area contributed by atoms with Gasteiger partial charge in [-0.1, -0.05) is 12.1 Å². The minimum absolute atomic E-state index is 0.00819. The summed E-state index contributed by atoms with van der Waals surface area (Å²) >= 11 is 0. The Balaban J connectivity index is 1.79. The molecule has 1 aromatic carbocycles. The molecule has 0 bridgehead atoms. The molecule has 0 saturated heterocycles. The second kappa shape index (κ2) is 5.96. The van der Waals surface area contributed by atoms with Gasteiger partial charge in [-0.05, 0) is 43.4 Å². The normalized spacial score (nSPS) is 23.7. The van der Waals surface area contributed by atoms with Gasteiger partial charge >= 0.3 is 0 Å². The van der Waals surface area contributed by atoms with Crippen LogP contribution < -0.4 is 5.32 Å². The van der Waals surface area contributed by atoms with Gasteiger partial charge in [0.25, 0.3) is 0 Å². The van der Waals surface area contributed by atoms with E-state index in [4.69, 9.17) is 0 Å². The third kappa shape index (κ3) is 3.53. The van der Waals surface area contributed by atoms with E-state index in [2.05, 4.69) is 5.32 Å². The Kier molecular flexibility index (Phi) is 4.31. The zero-order chi connectivity index (χ0) is 13.0. The first kappa shape index (κ1) is 13.0. The van der Waals surface area contributed by atoms with E-state index >= 15 is 0 Å². The number of aliphatic hydroxyl groups is 1. The summed E-state index contributed by atoms with van der Waals surface area (Å²) in [6.07, 6.45) is 2.65. The van der Waals surface area contributed by atoms with Crippen LogP contribution in [-0.2, 0) is 11.3 Å². The van der Waals surface area contributed by atoms with Crippen molar-refractivity contribution in [3.63, 3.8) is 0 Å². The SMILES string of the molecule is O=C(NCc1ccc(F)cc1)C1CCC(O)CC1. The number of hydrogen-bond donors (Lipinski definition) is 2. The number of nitrogens with one attached hydrogen (secondary N) is 1. The first-order valence-corrected chi connectivity index (χ1v) is 6.35. The molecule has 0 unspecified atom stereocenters. The molecule has 1 aliphatic carbocycles. The molecule has 4 heteroatoms. The van der Waals surface area contributed by atoms with E-state index < -0.39 is 0 Å². The third-order valence-corrected chi connectivity index (χ3v) is 3.45. The van der Waals surface area contributed by atoms with E-state index in [1.807, 2.05) is 0 Å². The molecule has 1 amide bonds. The van der Waals surface area contributed by atoms with Crippen molar-refractivity contribution in [1.29, 1.82) is 0 Å². The largest absolute Gasteiger partial charge is 0.393 e. The van der Waals surface area contributed by atoms with Gasteiger partial charge < -0.3 is 10.4 Å². The van der Waals surface area contributed by atoms with E-state index in [0.29, 0.717) is 19.4 Å². The average molecular weight is 251 g/mol. The number of carbonyl (C=O) groups excluding carboxylic acids is 1. The lowest BCUT2D eigenvalue weighted by Gasteiger charge is -2.24. The first-order chi connectivity index (χ1) is 8.65. The van der Waals surface area contributed by atoms with Crippen LogP contribution in [0.2, 0.25) is 0 Å². The molecule has 3 nitrogen and oxygen atoms in total. The molecule has 0 heterocycles. The molecule has 2 N–H and O–H groups in total. The van der Waals surface area contributed by atoms with E-state index in [1.54, 1.807) is 12.1 Å². The fourth-order valence-corrected chi connectivity index (χ4v) is 2.27. The zero-order valence-corrected chi connectivity index (χ0v) is 10.2. The Morgan fingerprint density at radius 2 is 1.83 bits per heavy atom. The summed E-state index contributed by atoms with van der Waals surface area (Å²) in [6, 6.07) is 6.11. The molecular weight excluding hydrogens is 233 g/mol. The summed E-state index contributed by atoms with van der Waals surface area (Å²) in [6.45, 7) is 0.429. The fraction of sp³-hybridized carbons (Fsp3) is 0.500. The number of amides is 1. The van der Waals surface area contributed by atoms with Crippen molar-refractivity contribution in [2.24, 2.45) is 5.92 Å². The lowest BCUT2D eigenvalue weighted by molar-refractivity contribution is -0.126. The lowest BCUT2D eigenvalue weighted by Crippen LogP contribution is -2.33. The van der Waals surface area contributed by atoms with E-state index in [0.717, 1.165) is 18.4 Å². The van der Waals surface area contributed by atoms with Crippen LogP contribution in [0.25, 0.3) is 0 Å². The van der Waals surface area contributed by atoms with Gasteiger partial charge in [0.2, 0.25) is 5.91 Å². The highest BCUT2D eigenvalue weighted by Gasteiger charge is 2.24. The predicted molar refractivity (Wildman–Crippen MR) is 66.2 cm³/mol. The van der Waals surface area contributed by atoms with Crippen molar-refractivity contribution in [2.45, 2.75) is 38.3 Å². The Morgan fingerprint density at radius 1 is 1.22 bits per heavy atom. The number of rotatable bonds is 3. The standard InChI is InChI=1S/C14H18FNO2/c15-12-5-1-10(2-6-12)9-16-14(18)11-3-7-13(17)8-4-11/h1-2,5-6,11,13,17H,3-4,7-9H2,(H,16,18). The molecule has 0 atom stereocenters. The molecule has 1 saturated carbocycles. The molecule has 98 valence electrons. The van der Waals surface area contributed by atoms with Gasteiger partial charge in [-0.25, -0.2) is 4.39 Å². The maximum absolute atomic E-state index is 12.7. The van der Waals surface area contributed by atoms with Gasteiger partial charge in [-0.3, -0.25) is 4.79 Å². The van der Waals surface area contributed by atoms with Crippen molar-refractivity contribution in [1.82, 2.24) is 5.32 Å². The summed E-state index contributed by atoms with van der Waals surface area (Å²) in [5.41, 5.74) is 0.889. The van der Waals surface area contributed by atoms with Crippen molar-refractivity contribution >= 4 is 5.91 Å². The van der Waals surface area contributed by atoms with Crippen molar-refractivity contribution in [3.05, 3.63) is 35.6 Å². The van der Waals surface area contributed by atoms with E-state index in [-0.39, 0.29) is 23.7 Å². The van der Waals surface area contributed by atoms with Gasteiger partial charge in [0.05, 0.1) is 6.10 Å². The number of halogens is 1. The number of aliphatic hydroxyl groups excluding tert-OH is 1. The molecule has 0 radical (unpaired) electrons. The van der Waals surface area contributed by atoms with Crippen LogP contribution in [0.4, 0.5) is 4.39 Å². The maximum Gasteiger partial charge on any atom is 0.223 e. The highest BCUT2D eigenvalue weighted by atomic mass is 19.1. The molecule has 0 aromatic heterocycles. The van der Waals surface area contributed by atoms with Gasteiger partial charge in [0.1, 0.15) is 5.82 Å². The van der Waals surface area contributed by atoms with Gasteiger partial charge in [-0.15, -0.1) is 0 Å². The van der Waals surface area contributed by atoms with Crippen LogP contribution in [-0.4, -0.2) is 17.1 Å². The van der Waals surface area contributed by atoms with Gasteiger partial charge in [0.15, 0.2) is 0 Å². The molecule has 1 aromatic rings. The van der Waals surface area contributed by atoms with Gasteiger partial charge in [0, 0.05) is 12.5 Å². The Bertz CT molecular complexity index is 397. The number of benzene rings is 1. The highest BCUT2D eigenvalue weighted by molar-refractivity contribution is 5.78. The Hall–Kier alpha value is -1.42. The topological polar surface area (TPSA) is 49.3 Å². The minimum Gasteiger partial charge on any atom is -0.393 e. The zero-order valence-electron chi connectivity index (χ0n) is 10.2. The second-order valence-corrected chi connectivity index (χ2v) is 4.85. The van der Waals surface area contributed by atoms with Crippen LogP contribution in [0.1, 0.15) is 31.2 Å². The Labute approximate surface area is 106 Å². The lowest BCUT2D eigenvalue weighted by atomic mass is 9.87. The molecular formula is C14H18FNO2. The maximum atomic E-state index is 12.7. The fourth-order valence-electron chi connectivity index (χ4n) is 2.27. The highest BCUT2D eigenvalue weighted by Crippen LogP contribution is 2.24. The molecule has 2 rings (SSSR count). The van der Waals surface area contributed by atoms with Crippen molar-refractivity contribution in [3.8, 4) is 0 Å². The molecule has 1 fully saturated rings. The predicted octanol–water partition coefficient (Wildman–Crippen LogP) is 1.99. The smallest absolute Gasteiger partial charge is 0.223 e. The average Bonchev–Trinajstić information content (AvgIpc) is 2.38. The Morgan fingerprint density at radius 3 is 2.44 bits per heavy atom. The van der Waals surface area contributed by atoms with Crippen LogP contribution in [0.15, 0.2) is 24.3 Å². The molecule has 18 heavy (non-hydrogen) atoms. The van der Waals surface area contributed by atoms with Crippen LogP contribution in [0, 0.1) is 11.7 Å². The quantitative estimate of drug-likeness (QED) is 0.863. The first-order valence-electron chi connectivity index (χ1n) is 6.35. The minimum atomic E-state index is -0.272. The summed E-state index contributed by atoms with van der Waals surface area (Å²) in [4.78, 5) is 11.9. The number of hydrogen-bond acceptors (Lipinski definition) is 2. The monoisotopic (exact) mass is 251 g/mol. The second-order valence-electron chi connectivity index (χ2n) is 4.85.